The largest absolute Gasteiger partial charge is 0.481 e. The minimum Gasteiger partial charge on any atom is -0.481 e. The van der Waals surface area contributed by atoms with E-state index >= 15 is 0 Å². The number of rotatable bonds is 4. The summed E-state index contributed by atoms with van der Waals surface area (Å²) in [5.74, 6) is -0.779. The van der Waals surface area contributed by atoms with Crippen molar-refractivity contribution in [2.24, 2.45) is 5.92 Å². The molecule has 4 nitrogen and oxygen atoms in total. The van der Waals surface area contributed by atoms with Crippen LogP contribution in [0.25, 0.3) is 0 Å². The molecule has 0 aromatic carbocycles. The van der Waals surface area contributed by atoms with Crippen molar-refractivity contribution in [1.82, 2.24) is 4.98 Å². The zero-order chi connectivity index (χ0) is 11.3. The highest BCUT2D eigenvalue weighted by atomic mass is 32.2. The Labute approximate surface area is 91.9 Å². The molecule has 1 aromatic heterocycles. The van der Waals surface area contributed by atoms with E-state index < -0.39 is 11.9 Å². The average Bonchev–Trinajstić information content (AvgIpc) is 2.26. The van der Waals surface area contributed by atoms with Gasteiger partial charge in [0.25, 0.3) is 0 Å². The van der Waals surface area contributed by atoms with E-state index in [1.54, 1.807) is 25.1 Å². The van der Waals surface area contributed by atoms with Crippen LogP contribution in [0.4, 0.5) is 0 Å². The minimum atomic E-state index is -0.820. The smallest absolute Gasteiger partial charge is 0.307 e. The lowest BCUT2D eigenvalue weighted by molar-refractivity contribution is -0.140. The molecule has 1 unspecified atom stereocenters. The van der Waals surface area contributed by atoms with Gasteiger partial charge in [-0.2, -0.15) is 5.26 Å². The van der Waals surface area contributed by atoms with Crippen LogP contribution in [0.2, 0.25) is 0 Å². The summed E-state index contributed by atoms with van der Waals surface area (Å²) < 4.78 is 0. The minimum absolute atomic E-state index is 0.350. The first-order valence-electron chi connectivity index (χ1n) is 4.36. The van der Waals surface area contributed by atoms with Gasteiger partial charge in [0.2, 0.25) is 0 Å². The number of carbonyl (C=O) groups is 1. The van der Waals surface area contributed by atoms with Gasteiger partial charge < -0.3 is 5.11 Å². The molecule has 1 heterocycles. The summed E-state index contributed by atoms with van der Waals surface area (Å²) in [5, 5.41) is 18.0. The van der Waals surface area contributed by atoms with Crippen LogP contribution in [-0.2, 0) is 4.79 Å². The first kappa shape index (κ1) is 11.5. The number of hydrogen-bond acceptors (Lipinski definition) is 4. The molecule has 1 N–H and O–H groups in total. The number of pyridine rings is 1. The molecule has 0 amide bonds. The van der Waals surface area contributed by atoms with Crippen molar-refractivity contribution in [3.63, 3.8) is 0 Å². The predicted octanol–water partition coefficient (Wildman–Crippen LogP) is 1.77. The van der Waals surface area contributed by atoms with Crippen LogP contribution in [-0.4, -0.2) is 21.8 Å². The van der Waals surface area contributed by atoms with Crippen LogP contribution in [0.5, 0.6) is 0 Å². The van der Waals surface area contributed by atoms with Crippen molar-refractivity contribution in [3.8, 4) is 6.07 Å². The van der Waals surface area contributed by atoms with Crippen LogP contribution in [0.15, 0.2) is 23.2 Å². The summed E-state index contributed by atoms with van der Waals surface area (Å²) >= 11 is 1.34. The molecule has 1 atom stereocenters. The van der Waals surface area contributed by atoms with Gasteiger partial charge in [0.15, 0.2) is 0 Å². The molecule has 1 aromatic rings. The van der Waals surface area contributed by atoms with E-state index in [1.807, 2.05) is 6.07 Å². The normalized spacial score (nSPS) is 11.7. The predicted molar refractivity (Wildman–Crippen MR) is 56.5 cm³/mol. The maximum atomic E-state index is 10.6. The number of nitriles is 1. The van der Waals surface area contributed by atoms with E-state index in [0.29, 0.717) is 16.5 Å². The Morgan fingerprint density at radius 3 is 3.07 bits per heavy atom. The fourth-order valence-corrected chi connectivity index (χ4v) is 1.74. The molecule has 15 heavy (non-hydrogen) atoms. The van der Waals surface area contributed by atoms with Crippen molar-refractivity contribution in [2.75, 3.05) is 5.75 Å². The molecular formula is C10H10N2O2S. The van der Waals surface area contributed by atoms with Crippen LogP contribution in [0.3, 0.4) is 0 Å². The lowest BCUT2D eigenvalue weighted by Gasteiger charge is -2.04. The second kappa shape index (κ2) is 5.37. The van der Waals surface area contributed by atoms with Gasteiger partial charge in [0.1, 0.15) is 11.8 Å². The first-order valence-corrected chi connectivity index (χ1v) is 5.35. The molecule has 0 spiro atoms. The summed E-state index contributed by atoms with van der Waals surface area (Å²) in [6, 6.07) is 7.05. The van der Waals surface area contributed by atoms with Crippen molar-refractivity contribution < 1.29 is 9.90 Å². The van der Waals surface area contributed by atoms with Gasteiger partial charge in [-0.1, -0.05) is 13.0 Å². The molecule has 0 fully saturated rings. The number of nitrogens with zero attached hydrogens (tertiary/aromatic N) is 2. The topological polar surface area (TPSA) is 74.0 Å². The van der Waals surface area contributed by atoms with E-state index in [1.165, 1.54) is 11.8 Å². The molecule has 0 radical (unpaired) electrons. The Morgan fingerprint density at radius 2 is 2.47 bits per heavy atom. The van der Waals surface area contributed by atoms with E-state index in [4.69, 9.17) is 10.4 Å². The highest BCUT2D eigenvalue weighted by Gasteiger charge is 2.11. The summed E-state index contributed by atoms with van der Waals surface area (Å²) in [6.45, 7) is 1.64. The SMILES string of the molecule is CC(CSc1cccc(C#N)n1)C(=O)O. The number of carboxylic acid groups (broad SMARTS) is 1. The Hall–Kier alpha value is -1.54. The number of carboxylic acids is 1. The molecule has 78 valence electrons. The Kier molecular flexibility index (Phi) is 4.13. The monoisotopic (exact) mass is 222 g/mol. The van der Waals surface area contributed by atoms with Crippen LogP contribution >= 0.6 is 11.8 Å². The zero-order valence-electron chi connectivity index (χ0n) is 8.17. The van der Waals surface area contributed by atoms with E-state index in [9.17, 15) is 4.79 Å². The fourth-order valence-electron chi connectivity index (χ4n) is 0.839. The van der Waals surface area contributed by atoms with Gasteiger partial charge in [-0.3, -0.25) is 4.79 Å². The molecule has 1 rings (SSSR count). The van der Waals surface area contributed by atoms with Crippen molar-refractivity contribution >= 4 is 17.7 Å². The number of aliphatic carboxylic acids is 1. The summed E-state index contributed by atoms with van der Waals surface area (Å²) in [5.41, 5.74) is 0.350. The molecule has 0 aliphatic rings. The van der Waals surface area contributed by atoms with E-state index in [-0.39, 0.29) is 0 Å². The van der Waals surface area contributed by atoms with Gasteiger partial charge in [-0.05, 0) is 12.1 Å². The zero-order valence-corrected chi connectivity index (χ0v) is 8.99. The maximum Gasteiger partial charge on any atom is 0.307 e. The molecule has 5 heteroatoms. The van der Waals surface area contributed by atoms with Gasteiger partial charge in [0.05, 0.1) is 10.9 Å². The van der Waals surface area contributed by atoms with E-state index in [0.717, 1.165) is 0 Å². The third-order valence-electron chi connectivity index (χ3n) is 1.74. The van der Waals surface area contributed by atoms with Crippen LogP contribution < -0.4 is 0 Å². The third kappa shape index (κ3) is 3.60. The van der Waals surface area contributed by atoms with Crippen molar-refractivity contribution in [3.05, 3.63) is 23.9 Å². The summed E-state index contributed by atoms with van der Waals surface area (Å²) in [7, 11) is 0. The van der Waals surface area contributed by atoms with Gasteiger partial charge in [-0.15, -0.1) is 11.8 Å². The van der Waals surface area contributed by atoms with Crippen molar-refractivity contribution in [1.29, 1.82) is 5.26 Å². The number of thioether (sulfide) groups is 1. The quantitative estimate of drug-likeness (QED) is 0.786. The van der Waals surface area contributed by atoms with Gasteiger partial charge in [-0.25, -0.2) is 4.98 Å². The molecule has 0 saturated heterocycles. The lowest BCUT2D eigenvalue weighted by Crippen LogP contribution is -2.11. The Balaban J connectivity index is 2.58. The number of aromatic nitrogens is 1. The van der Waals surface area contributed by atoms with Crippen LogP contribution in [0.1, 0.15) is 12.6 Å². The average molecular weight is 222 g/mol. The van der Waals surface area contributed by atoms with E-state index in [2.05, 4.69) is 4.98 Å². The van der Waals surface area contributed by atoms with Crippen LogP contribution in [0, 0.1) is 17.2 Å². The third-order valence-corrected chi connectivity index (χ3v) is 2.93. The first-order chi connectivity index (χ1) is 7.13. The highest BCUT2D eigenvalue weighted by Crippen LogP contribution is 2.18. The Morgan fingerprint density at radius 1 is 1.73 bits per heavy atom. The molecule has 0 aliphatic carbocycles. The Bertz CT molecular complexity index is 401. The molecular weight excluding hydrogens is 212 g/mol. The standard InChI is InChI=1S/C10H10N2O2S/c1-7(10(13)14)6-15-9-4-2-3-8(5-11)12-9/h2-4,7H,6H2,1H3,(H,13,14). The second-order valence-corrected chi connectivity index (χ2v) is 4.06. The molecule has 0 saturated carbocycles. The fraction of sp³-hybridized carbons (Fsp3) is 0.300. The lowest BCUT2D eigenvalue weighted by atomic mass is 10.2. The second-order valence-electron chi connectivity index (χ2n) is 3.02. The summed E-state index contributed by atoms with van der Waals surface area (Å²) in [4.78, 5) is 14.6. The maximum absolute atomic E-state index is 10.6. The summed E-state index contributed by atoms with van der Waals surface area (Å²) in [6.07, 6.45) is 0. The van der Waals surface area contributed by atoms with Crippen molar-refractivity contribution in [2.45, 2.75) is 11.9 Å². The molecule has 0 bridgehead atoms. The van der Waals surface area contributed by atoms with Gasteiger partial charge >= 0.3 is 5.97 Å². The highest BCUT2D eigenvalue weighted by molar-refractivity contribution is 7.99. The number of hydrogen-bond donors (Lipinski definition) is 1. The van der Waals surface area contributed by atoms with Gasteiger partial charge in [0, 0.05) is 5.75 Å². The molecule has 0 aliphatic heterocycles.